The smallest absolute Gasteiger partial charge is 0.257 e. The summed E-state index contributed by atoms with van der Waals surface area (Å²) >= 11 is 5.18. The van der Waals surface area contributed by atoms with E-state index in [1.54, 1.807) is 0 Å². The molecule has 5 heteroatoms. The maximum atomic E-state index is 13.1. The molecule has 0 saturated heterocycles. The predicted octanol–water partition coefficient (Wildman–Crippen LogP) is 3.82. The monoisotopic (exact) mass is 316 g/mol. The van der Waals surface area contributed by atoms with Crippen molar-refractivity contribution in [1.29, 1.82) is 0 Å². The SMILES string of the molecule is CCc1cccc(C)c1NC(=S)NC(=O)c1cccc(F)c1. The fourth-order valence-electron chi connectivity index (χ4n) is 2.15. The second kappa shape index (κ2) is 7.13. The molecular weight excluding hydrogens is 299 g/mol. The van der Waals surface area contributed by atoms with Gasteiger partial charge in [-0.2, -0.15) is 0 Å². The largest absolute Gasteiger partial charge is 0.332 e. The van der Waals surface area contributed by atoms with Crippen LogP contribution in [0.4, 0.5) is 10.1 Å². The second-order valence-corrected chi connectivity index (χ2v) is 5.29. The minimum atomic E-state index is -0.460. The van der Waals surface area contributed by atoms with Gasteiger partial charge in [-0.25, -0.2) is 4.39 Å². The van der Waals surface area contributed by atoms with Crippen molar-refractivity contribution in [2.24, 2.45) is 0 Å². The van der Waals surface area contributed by atoms with Gasteiger partial charge >= 0.3 is 0 Å². The van der Waals surface area contributed by atoms with Crippen LogP contribution in [0.15, 0.2) is 42.5 Å². The Hall–Kier alpha value is -2.27. The summed E-state index contributed by atoms with van der Waals surface area (Å²) in [6.45, 7) is 4.02. The lowest BCUT2D eigenvalue weighted by molar-refractivity contribution is 0.0977. The van der Waals surface area contributed by atoms with Gasteiger partial charge in [0.15, 0.2) is 5.11 Å². The standard InChI is InChI=1S/C17H17FN2OS/c1-3-12-7-4-6-11(2)15(12)19-17(22)20-16(21)13-8-5-9-14(18)10-13/h4-10H,3H2,1-2H3,(H2,19,20,21,22). The molecule has 3 nitrogen and oxygen atoms in total. The van der Waals surface area contributed by atoms with E-state index < -0.39 is 11.7 Å². The van der Waals surface area contributed by atoms with Crippen molar-refractivity contribution in [1.82, 2.24) is 5.32 Å². The topological polar surface area (TPSA) is 41.1 Å². The third-order valence-electron chi connectivity index (χ3n) is 3.29. The molecule has 1 amide bonds. The molecule has 0 aromatic heterocycles. The lowest BCUT2D eigenvalue weighted by Gasteiger charge is -2.15. The van der Waals surface area contributed by atoms with Gasteiger partial charge in [0.2, 0.25) is 0 Å². The van der Waals surface area contributed by atoms with Crippen LogP contribution in [0.25, 0.3) is 0 Å². The van der Waals surface area contributed by atoms with Crippen molar-refractivity contribution in [3.63, 3.8) is 0 Å². The Kier molecular flexibility index (Phi) is 5.22. The number of nitrogens with one attached hydrogen (secondary N) is 2. The van der Waals surface area contributed by atoms with Crippen LogP contribution in [0, 0.1) is 12.7 Å². The molecule has 114 valence electrons. The number of aryl methyl sites for hydroxylation is 2. The van der Waals surface area contributed by atoms with Gasteiger partial charge in [0, 0.05) is 11.3 Å². The Balaban J connectivity index is 2.09. The molecule has 2 N–H and O–H groups in total. The van der Waals surface area contributed by atoms with Crippen molar-refractivity contribution in [3.8, 4) is 0 Å². The normalized spacial score (nSPS) is 10.1. The highest BCUT2D eigenvalue weighted by molar-refractivity contribution is 7.80. The van der Waals surface area contributed by atoms with Gasteiger partial charge in [-0.15, -0.1) is 0 Å². The van der Waals surface area contributed by atoms with Crippen molar-refractivity contribution in [2.75, 3.05) is 5.32 Å². The molecule has 2 aromatic carbocycles. The summed E-state index contributed by atoms with van der Waals surface area (Å²) in [4.78, 5) is 12.0. The van der Waals surface area contributed by atoms with Crippen molar-refractivity contribution >= 4 is 28.9 Å². The van der Waals surface area contributed by atoms with E-state index in [0.717, 1.165) is 23.2 Å². The fraction of sp³-hybridized carbons (Fsp3) is 0.176. The molecule has 0 bridgehead atoms. The molecule has 22 heavy (non-hydrogen) atoms. The van der Waals surface area contributed by atoms with Crippen LogP contribution < -0.4 is 10.6 Å². The Labute approximate surface area is 134 Å². The summed E-state index contributed by atoms with van der Waals surface area (Å²) < 4.78 is 13.1. The molecule has 0 aliphatic rings. The molecule has 2 aromatic rings. The number of carbonyl (C=O) groups excluding carboxylic acids is 1. The number of hydrogen-bond donors (Lipinski definition) is 2. The first-order chi connectivity index (χ1) is 10.5. The molecule has 0 unspecified atom stereocenters. The van der Waals surface area contributed by atoms with Crippen molar-refractivity contribution < 1.29 is 9.18 Å². The zero-order chi connectivity index (χ0) is 16.1. The second-order valence-electron chi connectivity index (χ2n) is 4.88. The lowest BCUT2D eigenvalue weighted by atomic mass is 10.1. The van der Waals surface area contributed by atoms with Crippen LogP contribution in [-0.4, -0.2) is 11.0 Å². The molecule has 0 heterocycles. The maximum Gasteiger partial charge on any atom is 0.257 e. The molecule has 0 saturated carbocycles. The average Bonchev–Trinajstić information content (AvgIpc) is 2.49. The molecule has 0 fully saturated rings. The Morgan fingerprint density at radius 2 is 1.95 bits per heavy atom. The minimum Gasteiger partial charge on any atom is -0.332 e. The summed E-state index contributed by atoms with van der Waals surface area (Å²) in [5.41, 5.74) is 3.28. The molecule has 2 rings (SSSR count). The van der Waals surface area contributed by atoms with Crippen LogP contribution in [0.3, 0.4) is 0 Å². The van der Waals surface area contributed by atoms with Gasteiger partial charge in [-0.1, -0.05) is 31.2 Å². The third kappa shape index (κ3) is 3.89. The number of amides is 1. The fourth-order valence-corrected chi connectivity index (χ4v) is 2.35. The van der Waals surface area contributed by atoms with Crippen LogP contribution in [-0.2, 0) is 6.42 Å². The number of carbonyl (C=O) groups is 1. The van der Waals surface area contributed by atoms with E-state index in [2.05, 4.69) is 10.6 Å². The third-order valence-corrected chi connectivity index (χ3v) is 3.50. The highest BCUT2D eigenvalue weighted by Gasteiger charge is 2.11. The zero-order valence-corrected chi connectivity index (χ0v) is 13.3. The van der Waals surface area contributed by atoms with Crippen molar-refractivity contribution in [2.45, 2.75) is 20.3 Å². The Bertz CT molecular complexity index is 716. The van der Waals surface area contributed by atoms with E-state index in [-0.39, 0.29) is 10.7 Å². The predicted molar refractivity (Wildman–Crippen MR) is 90.6 cm³/mol. The maximum absolute atomic E-state index is 13.1. The van der Waals surface area contributed by atoms with E-state index in [1.165, 1.54) is 24.3 Å². The van der Waals surface area contributed by atoms with Gasteiger partial charge in [0.05, 0.1) is 0 Å². The first-order valence-corrected chi connectivity index (χ1v) is 7.38. The number of thiocarbonyl (C=S) groups is 1. The van der Waals surface area contributed by atoms with Crippen LogP contribution in [0.1, 0.15) is 28.4 Å². The number of hydrogen-bond acceptors (Lipinski definition) is 2. The van der Waals surface area contributed by atoms with E-state index in [9.17, 15) is 9.18 Å². The van der Waals surface area contributed by atoms with Gasteiger partial charge in [-0.3, -0.25) is 10.1 Å². The van der Waals surface area contributed by atoms with Crippen molar-refractivity contribution in [3.05, 3.63) is 65.0 Å². The van der Waals surface area contributed by atoms with E-state index >= 15 is 0 Å². The van der Waals surface area contributed by atoms with Crippen LogP contribution >= 0.6 is 12.2 Å². The van der Waals surface area contributed by atoms with Gasteiger partial charge in [-0.05, 0) is 54.9 Å². The summed E-state index contributed by atoms with van der Waals surface area (Å²) in [5.74, 6) is -0.901. The highest BCUT2D eigenvalue weighted by Crippen LogP contribution is 2.20. The number of rotatable bonds is 3. The average molecular weight is 316 g/mol. The number of anilines is 1. The van der Waals surface area contributed by atoms with Crippen LogP contribution in [0.5, 0.6) is 0 Å². The quantitative estimate of drug-likeness (QED) is 0.846. The summed E-state index contributed by atoms with van der Waals surface area (Å²) in [6, 6.07) is 11.4. The lowest BCUT2D eigenvalue weighted by Crippen LogP contribution is -2.34. The van der Waals surface area contributed by atoms with E-state index in [0.29, 0.717) is 0 Å². The number of benzene rings is 2. The Morgan fingerprint density at radius 3 is 2.64 bits per heavy atom. The van der Waals surface area contributed by atoms with E-state index in [1.807, 2.05) is 32.0 Å². The summed E-state index contributed by atoms with van der Waals surface area (Å²) in [6.07, 6.45) is 0.852. The minimum absolute atomic E-state index is 0.193. The highest BCUT2D eigenvalue weighted by atomic mass is 32.1. The zero-order valence-electron chi connectivity index (χ0n) is 12.4. The van der Waals surface area contributed by atoms with Crippen LogP contribution in [0.2, 0.25) is 0 Å². The Morgan fingerprint density at radius 1 is 1.23 bits per heavy atom. The van der Waals surface area contributed by atoms with Gasteiger partial charge in [0.1, 0.15) is 5.82 Å². The molecule has 0 radical (unpaired) electrons. The molecule has 0 spiro atoms. The summed E-state index contributed by atoms with van der Waals surface area (Å²) in [5, 5.41) is 5.81. The first kappa shape index (κ1) is 16.1. The molecule has 0 aliphatic carbocycles. The molecular formula is C17H17FN2OS. The number of halogens is 1. The first-order valence-electron chi connectivity index (χ1n) is 6.97. The van der Waals surface area contributed by atoms with Gasteiger partial charge in [0.25, 0.3) is 5.91 Å². The molecule has 0 atom stereocenters. The van der Waals surface area contributed by atoms with Gasteiger partial charge < -0.3 is 5.32 Å². The summed E-state index contributed by atoms with van der Waals surface area (Å²) in [7, 11) is 0. The number of para-hydroxylation sites is 1. The van der Waals surface area contributed by atoms with E-state index in [4.69, 9.17) is 12.2 Å². The molecule has 0 aliphatic heterocycles.